The van der Waals surface area contributed by atoms with Gasteiger partial charge in [-0.05, 0) is 16.7 Å². The molecule has 0 amide bonds. The number of rotatable bonds is 5. The third-order valence-corrected chi connectivity index (χ3v) is 4.53. The first-order valence-electron chi connectivity index (χ1n) is 7.58. The predicted octanol–water partition coefficient (Wildman–Crippen LogP) is 4.31. The van der Waals surface area contributed by atoms with Gasteiger partial charge in [0.15, 0.2) is 0 Å². The highest BCUT2D eigenvalue weighted by Crippen LogP contribution is 2.25. The van der Waals surface area contributed by atoms with E-state index in [0.717, 1.165) is 27.9 Å². The number of anilines is 2. The first-order valence-corrected chi connectivity index (χ1v) is 8.63. The monoisotopic (exact) mass is 325 g/mol. The zero-order valence-electron chi connectivity index (χ0n) is 13.2. The lowest BCUT2D eigenvalue weighted by Crippen LogP contribution is -2.12. The van der Waals surface area contributed by atoms with Crippen molar-refractivity contribution >= 4 is 34.2 Å². The van der Waals surface area contributed by atoms with Crippen molar-refractivity contribution in [3.05, 3.63) is 64.6 Å². The summed E-state index contributed by atoms with van der Waals surface area (Å²) in [4.78, 5) is 19.1. The largest absolute Gasteiger partial charge is 0.325 e. The maximum atomic E-state index is 11.9. The highest BCUT2D eigenvalue weighted by Gasteiger charge is 2.06. The Morgan fingerprint density at radius 2 is 1.96 bits per heavy atom. The molecule has 118 valence electrons. The maximum absolute atomic E-state index is 11.9. The topological polar surface area (TPSA) is 57.8 Å². The number of nitrogens with zero attached hydrogens (tertiary/aromatic N) is 1. The van der Waals surface area contributed by atoms with Crippen molar-refractivity contribution in [2.45, 2.75) is 24.9 Å². The maximum Gasteiger partial charge on any atom is 0.252 e. The molecule has 23 heavy (non-hydrogen) atoms. The van der Waals surface area contributed by atoms with Gasteiger partial charge in [0.2, 0.25) is 5.95 Å². The molecule has 3 aromatic rings. The van der Waals surface area contributed by atoms with Crippen molar-refractivity contribution in [3.8, 4) is 0 Å². The summed E-state index contributed by atoms with van der Waals surface area (Å²) in [6.07, 6.45) is 0. The van der Waals surface area contributed by atoms with Gasteiger partial charge in [0.1, 0.15) is 0 Å². The van der Waals surface area contributed by atoms with E-state index in [9.17, 15) is 4.79 Å². The van der Waals surface area contributed by atoms with Gasteiger partial charge in [-0.1, -0.05) is 50.2 Å². The molecule has 0 spiro atoms. The molecule has 0 fully saturated rings. The Hall–Kier alpha value is -2.27. The van der Waals surface area contributed by atoms with Gasteiger partial charge in [-0.2, -0.15) is 11.8 Å². The number of nitrogens with one attached hydrogen (secondary N) is 2. The lowest BCUT2D eigenvalue weighted by atomic mass is 10.1. The second kappa shape index (κ2) is 6.87. The third kappa shape index (κ3) is 3.93. The molecule has 1 heterocycles. The van der Waals surface area contributed by atoms with Gasteiger partial charge in [-0.15, -0.1) is 0 Å². The van der Waals surface area contributed by atoms with Gasteiger partial charge < -0.3 is 5.32 Å². The third-order valence-electron chi connectivity index (χ3n) is 3.40. The van der Waals surface area contributed by atoms with E-state index in [2.05, 4.69) is 41.3 Å². The molecule has 0 saturated carbocycles. The molecule has 0 bridgehead atoms. The number of fused-ring (bicyclic) bond motifs is 1. The van der Waals surface area contributed by atoms with Crippen LogP contribution in [0.25, 0.3) is 10.8 Å². The van der Waals surface area contributed by atoms with Crippen LogP contribution in [0.1, 0.15) is 19.5 Å². The molecule has 0 unspecified atom stereocenters. The average Bonchev–Trinajstić information content (AvgIpc) is 2.53. The summed E-state index contributed by atoms with van der Waals surface area (Å²) in [5.74, 6) is 1.21. The fraction of sp³-hybridized carbons (Fsp3) is 0.222. The number of H-pyrrole nitrogens is 1. The number of thioether (sulfide) groups is 1. The van der Waals surface area contributed by atoms with Gasteiger partial charge in [0.05, 0.1) is 5.69 Å². The number of aromatic amines is 1. The van der Waals surface area contributed by atoms with E-state index in [1.807, 2.05) is 30.3 Å². The molecule has 2 aromatic carbocycles. The van der Waals surface area contributed by atoms with Gasteiger partial charge >= 0.3 is 0 Å². The van der Waals surface area contributed by atoms with Crippen LogP contribution in [0, 0.1) is 0 Å². The summed E-state index contributed by atoms with van der Waals surface area (Å²) in [6, 6.07) is 15.7. The van der Waals surface area contributed by atoms with Crippen LogP contribution in [-0.4, -0.2) is 15.2 Å². The number of hydrogen-bond donors (Lipinski definition) is 2. The standard InChI is InChI=1S/C18H19N3OS/c1-12(2)23-11-14-10-17(22)21-18(19-14)20-16-9-5-7-13-6-3-4-8-15(13)16/h3-10,12H,11H2,1-2H3,(H2,19,20,21,22). The Morgan fingerprint density at radius 3 is 2.78 bits per heavy atom. The highest BCUT2D eigenvalue weighted by atomic mass is 32.2. The number of aromatic nitrogens is 2. The molecular weight excluding hydrogens is 306 g/mol. The van der Waals surface area contributed by atoms with Gasteiger partial charge in [-0.3, -0.25) is 9.78 Å². The quantitative estimate of drug-likeness (QED) is 0.734. The Kier molecular flexibility index (Phi) is 4.67. The zero-order chi connectivity index (χ0) is 16.2. The van der Waals surface area contributed by atoms with Crippen LogP contribution in [0.2, 0.25) is 0 Å². The van der Waals surface area contributed by atoms with E-state index in [4.69, 9.17) is 0 Å². The second-order valence-corrected chi connectivity index (χ2v) is 7.16. The second-order valence-electron chi connectivity index (χ2n) is 5.60. The average molecular weight is 325 g/mol. The molecular formula is C18H19N3OS. The Balaban J connectivity index is 1.91. The molecule has 1 aromatic heterocycles. The van der Waals surface area contributed by atoms with Crippen molar-refractivity contribution in [1.29, 1.82) is 0 Å². The van der Waals surface area contributed by atoms with E-state index in [1.165, 1.54) is 0 Å². The SMILES string of the molecule is CC(C)SCc1cc(=O)[nH]c(Nc2cccc3ccccc23)n1. The molecule has 4 nitrogen and oxygen atoms in total. The van der Waals surface area contributed by atoms with Crippen LogP contribution in [0.15, 0.2) is 53.3 Å². The van der Waals surface area contributed by atoms with Gasteiger partial charge in [0.25, 0.3) is 5.56 Å². The number of benzene rings is 2. The molecule has 0 aliphatic rings. The summed E-state index contributed by atoms with van der Waals surface area (Å²) < 4.78 is 0. The summed E-state index contributed by atoms with van der Waals surface area (Å²) in [5.41, 5.74) is 1.58. The van der Waals surface area contributed by atoms with E-state index in [1.54, 1.807) is 17.8 Å². The molecule has 3 rings (SSSR count). The minimum absolute atomic E-state index is 0.137. The lowest BCUT2D eigenvalue weighted by molar-refractivity contribution is 1.05. The zero-order valence-corrected chi connectivity index (χ0v) is 14.0. The fourth-order valence-corrected chi connectivity index (χ4v) is 3.01. The van der Waals surface area contributed by atoms with Crippen LogP contribution in [0.3, 0.4) is 0 Å². The molecule has 0 atom stereocenters. The van der Waals surface area contributed by atoms with Crippen LogP contribution >= 0.6 is 11.8 Å². The molecule has 0 aliphatic carbocycles. The summed E-state index contributed by atoms with van der Waals surface area (Å²) >= 11 is 1.77. The van der Waals surface area contributed by atoms with E-state index >= 15 is 0 Å². The summed E-state index contributed by atoms with van der Waals surface area (Å²) in [6.45, 7) is 4.26. The normalized spacial score (nSPS) is 11.1. The molecule has 2 N–H and O–H groups in total. The molecule has 0 aliphatic heterocycles. The van der Waals surface area contributed by atoms with Crippen LogP contribution in [0.4, 0.5) is 11.6 Å². The van der Waals surface area contributed by atoms with Crippen LogP contribution < -0.4 is 10.9 Å². The van der Waals surface area contributed by atoms with E-state index in [-0.39, 0.29) is 5.56 Å². The Bertz CT molecular complexity index is 868. The van der Waals surface area contributed by atoms with Crippen molar-refractivity contribution in [3.63, 3.8) is 0 Å². The molecule has 5 heteroatoms. The minimum Gasteiger partial charge on any atom is -0.325 e. The van der Waals surface area contributed by atoms with Crippen LogP contribution in [0.5, 0.6) is 0 Å². The Morgan fingerprint density at radius 1 is 1.17 bits per heavy atom. The first-order chi connectivity index (χ1) is 11.1. The van der Waals surface area contributed by atoms with Gasteiger partial charge in [0, 0.05) is 22.9 Å². The van der Waals surface area contributed by atoms with Crippen molar-refractivity contribution in [2.24, 2.45) is 0 Å². The van der Waals surface area contributed by atoms with Crippen molar-refractivity contribution in [2.75, 3.05) is 5.32 Å². The Labute approximate surface area is 139 Å². The smallest absolute Gasteiger partial charge is 0.252 e. The van der Waals surface area contributed by atoms with Crippen molar-refractivity contribution < 1.29 is 0 Å². The molecule has 0 saturated heterocycles. The number of hydrogen-bond acceptors (Lipinski definition) is 4. The lowest BCUT2D eigenvalue weighted by Gasteiger charge is -2.10. The van der Waals surface area contributed by atoms with Gasteiger partial charge in [-0.25, -0.2) is 4.98 Å². The molecule has 0 radical (unpaired) electrons. The predicted molar refractivity (Wildman–Crippen MR) is 98.5 cm³/mol. The first kappa shape index (κ1) is 15.6. The van der Waals surface area contributed by atoms with Crippen molar-refractivity contribution in [1.82, 2.24) is 9.97 Å². The summed E-state index contributed by atoms with van der Waals surface area (Å²) in [7, 11) is 0. The minimum atomic E-state index is -0.137. The summed E-state index contributed by atoms with van der Waals surface area (Å²) in [5, 5.41) is 5.99. The highest BCUT2D eigenvalue weighted by molar-refractivity contribution is 7.99. The van der Waals surface area contributed by atoms with Crippen LogP contribution in [-0.2, 0) is 5.75 Å². The van der Waals surface area contributed by atoms with E-state index < -0.39 is 0 Å². The van der Waals surface area contributed by atoms with E-state index in [0.29, 0.717) is 11.2 Å². The fourth-order valence-electron chi connectivity index (χ4n) is 2.36.